The maximum Gasteiger partial charge on any atom is 0.334 e. The standard InChI is InChI=1S/C16H22O4/c1-5-10-13(11-8-9-12-15(17)19-4)16(18)20-14(6-2)7-3/h5-7,10,14H,1-3,8-9,11-12H2,4H3. The Hall–Kier alpha value is -2.10. The molecule has 110 valence electrons. The SMILES string of the molecule is C=CC=C(CCCCC(=O)OC)C(=O)OC(C=C)C=C. The lowest BCUT2D eigenvalue weighted by atomic mass is 10.1. The van der Waals surface area contributed by atoms with Crippen LogP contribution in [0, 0.1) is 0 Å². The fraction of sp³-hybridized carbons (Fsp3) is 0.375. The van der Waals surface area contributed by atoms with Gasteiger partial charge < -0.3 is 9.47 Å². The van der Waals surface area contributed by atoms with E-state index in [1.54, 1.807) is 6.08 Å². The molecule has 0 radical (unpaired) electrons. The molecule has 0 aliphatic heterocycles. The predicted octanol–water partition coefficient (Wildman–Crippen LogP) is 3.12. The molecule has 0 rings (SSSR count). The minimum absolute atomic E-state index is 0.250. The summed E-state index contributed by atoms with van der Waals surface area (Å²) >= 11 is 0. The summed E-state index contributed by atoms with van der Waals surface area (Å²) < 4.78 is 9.73. The molecule has 0 aromatic heterocycles. The van der Waals surface area contributed by atoms with E-state index in [9.17, 15) is 9.59 Å². The molecule has 0 fully saturated rings. The van der Waals surface area contributed by atoms with E-state index in [1.165, 1.54) is 25.3 Å². The second kappa shape index (κ2) is 10.8. The van der Waals surface area contributed by atoms with E-state index < -0.39 is 12.1 Å². The molecule has 4 nitrogen and oxygen atoms in total. The average Bonchev–Trinajstić information content (AvgIpc) is 2.47. The van der Waals surface area contributed by atoms with Crippen LogP contribution in [0.3, 0.4) is 0 Å². The van der Waals surface area contributed by atoms with Gasteiger partial charge in [0.05, 0.1) is 7.11 Å². The lowest BCUT2D eigenvalue weighted by Crippen LogP contribution is -2.15. The minimum Gasteiger partial charge on any atom is -0.469 e. The van der Waals surface area contributed by atoms with Gasteiger partial charge in [-0.05, 0) is 31.4 Å². The van der Waals surface area contributed by atoms with Crippen molar-refractivity contribution in [2.75, 3.05) is 7.11 Å². The van der Waals surface area contributed by atoms with Crippen LogP contribution in [-0.4, -0.2) is 25.2 Å². The van der Waals surface area contributed by atoms with Crippen molar-refractivity contribution >= 4 is 11.9 Å². The molecule has 0 unspecified atom stereocenters. The summed E-state index contributed by atoms with van der Waals surface area (Å²) in [7, 11) is 1.35. The van der Waals surface area contributed by atoms with Crippen LogP contribution in [-0.2, 0) is 19.1 Å². The highest BCUT2D eigenvalue weighted by atomic mass is 16.5. The molecule has 0 atom stereocenters. The summed E-state index contributed by atoms with van der Waals surface area (Å²) in [6.07, 6.45) is 7.83. The van der Waals surface area contributed by atoms with Crippen molar-refractivity contribution in [3.05, 3.63) is 49.6 Å². The maximum atomic E-state index is 11.9. The Morgan fingerprint density at radius 1 is 1.10 bits per heavy atom. The van der Waals surface area contributed by atoms with E-state index in [-0.39, 0.29) is 5.97 Å². The van der Waals surface area contributed by atoms with Crippen LogP contribution < -0.4 is 0 Å². The molecular weight excluding hydrogens is 256 g/mol. The summed E-state index contributed by atoms with van der Waals surface area (Å²) in [4.78, 5) is 22.9. The Morgan fingerprint density at radius 3 is 2.20 bits per heavy atom. The predicted molar refractivity (Wildman–Crippen MR) is 79.0 cm³/mol. The van der Waals surface area contributed by atoms with Crippen LogP contribution in [0.5, 0.6) is 0 Å². The number of carbonyl (C=O) groups excluding carboxylic acids is 2. The van der Waals surface area contributed by atoms with Crippen molar-refractivity contribution in [3.63, 3.8) is 0 Å². The first-order valence-corrected chi connectivity index (χ1v) is 6.43. The smallest absolute Gasteiger partial charge is 0.334 e. The number of carbonyl (C=O) groups is 2. The Morgan fingerprint density at radius 2 is 1.70 bits per heavy atom. The third-order valence-electron chi connectivity index (χ3n) is 2.59. The molecule has 0 saturated carbocycles. The van der Waals surface area contributed by atoms with Crippen LogP contribution in [0.25, 0.3) is 0 Å². The third kappa shape index (κ3) is 7.36. The number of hydrogen-bond donors (Lipinski definition) is 0. The molecule has 0 saturated heterocycles. The molecule has 0 heterocycles. The molecular formula is C16H22O4. The number of methoxy groups -OCH3 is 1. The van der Waals surface area contributed by atoms with Crippen molar-refractivity contribution in [1.29, 1.82) is 0 Å². The van der Waals surface area contributed by atoms with Gasteiger partial charge in [0.2, 0.25) is 0 Å². The largest absolute Gasteiger partial charge is 0.469 e. The summed E-state index contributed by atoms with van der Waals surface area (Å²) in [5, 5.41) is 0. The number of unbranched alkanes of at least 4 members (excludes halogenated alkanes) is 1. The number of esters is 2. The zero-order valence-electron chi connectivity index (χ0n) is 12.0. The van der Waals surface area contributed by atoms with Crippen LogP contribution in [0.4, 0.5) is 0 Å². The fourth-order valence-electron chi connectivity index (χ4n) is 1.47. The van der Waals surface area contributed by atoms with Crippen molar-refractivity contribution in [2.24, 2.45) is 0 Å². The highest BCUT2D eigenvalue weighted by Crippen LogP contribution is 2.13. The normalized spacial score (nSPS) is 10.8. The number of rotatable bonds is 10. The highest BCUT2D eigenvalue weighted by molar-refractivity contribution is 5.89. The molecule has 0 aromatic rings. The first-order chi connectivity index (χ1) is 9.58. The van der Waals surface area contributed by atoms with Crippen LogP contribution >= 0.6 is 0 Å². The van der Waals surface area contributed by atoms with Crippen molar-refractivity contribution in [1.82, 2.24) is 0 Å². The van der Waals surface area contributed by atoms with E-state index in [1.807, 2.05) is 0 Å². The van der Waals surface area contributed by atoms with E-state index in [4.69, 9.17) is 4.74 Å². The number of allylic oxidation sites excluding steroid dienone is 2. The van der Waals surface area contributed by atoms with Gasteiger partial charge in [-0.25, -0.2) is 4.79 Å². The average molecular weight is 278 g/mol. The zero-order chi connectivity index (χ0) is 15.4. The van der Waals surface area contributed by atoms with Gasteiger partial charge in [0.1, 0.15) is 6.10 Å². The highest BCUT2D eigenvalue weighted by Gasteiger charge is 2.13. The van der Waals surface area contributed by atoms with Crippen molar-refractivity contribution < 1.29 is 19.1 Å². The minimum atomic E-state index is -0.509. The van der Waals surface area contributed by atoms with Gasteiger partial charge in [0.25, 0.3) is 0 Å². The van der Waals surface area contributed by atoms with Gasteiger partial charge in [-0.3, -0.25) is 4.79 Å². The Bertz CT molecular complexity index is 385. The molecule has 0 bridgehead atoms. The molecule has 20 heavy (non-hydrogen) atoms. The Balaban J connectivity index is 4.36. The van der Waals surface area contributed by atoms with E-state index in [2.05, 4.69) is 24.5 Å². The van der Waals surface area contributed by atoms with Crippen LogP contribution in [0.1, 0.15) is 25.7 Å². The monoisotopic (exact) mass is 278 g/mol. The van der Waals surface area contributed by atoms with Gasteiger partial charge in [0.15, 0.2) is 0 Å². The first-order valence-electron chi connectivity index (χ1n) is 6.43. The molecule has 0 spiro atoms. The molecule has 0 aliphatic rings. The van der Waals surface area contributed by atoms with E-state index >= 15 is 0 Å². The van der Waals surface area contributed by atoms with Crippen LogP contribution in [0.15, 0.2) is 49.6 Å². The number of hydrogen-bond acceptors (Lipinski definition) is 4. The topological polar surface area (TPSA) is 52.6 Å². The summed E-state index contributed by atoms with van der Waals surface area (Å²) in [5.74, 6) is -0.673. The molecule has 0 aliphatic carbocycles. The lowest BCUT2D eigenvalue weighted by molar-refractivity contribution is -0.141. The van der Waals surface area contributed by atoms with E-state index in [0.717, 1.165) is 0 Å². The third-order valence-corrected chi connectivity index (χ3v) is 2.59. The van der Waals surface area contributed by atoms with Crippen molar-refractivity contribution in [2.45, 2.75) is 31.8 Å². The van der Waals surface area contributed by atoms with Gasteiger partial charge in [0, 0.05) is 12.0 Å². The molecule has 0 amide bonds. The quantitative estimate of drug-likeness (QED) is 0.202. The van der Waals surface area contributed by atoms with Crippen molar-refractivity contribution in [3.8, 4) is 0 Å². The van der Waals surface area contributed by atoms with Gasteiger partial charge in [-0.15, -0.1) is 0 Å². The molecule has 4 heteroatoms. The lowest BCUT2D eigenvalue weighted by Gasteiger charge is -2.11. The zero-order valence-corrected chi connectivity index (χ0v) is 12.0. The number of ether oxygens (including phenoxy) is 2. The molecule has 0 aromatic carbocycles. The van der Waals surface area contributed by atoms with E-state index in [0.29, 0.717) is 31.3 Å². The summed E-state index contributed by atoms with van der Waals surface area (Å²) in [6.45, 7) is 10.7. The Kier molecular flexibility index (Phi) is 9.66. The fourth-order valence-corrected chi connectivity index (χ4v) is 1.47. The second-order valence-electron chi connectivity index (χ2n) is 4.05. The van der Waals surface area contributed by atoms with Gasteiger partial charge in [-0.2, -0.15) is 0 Å². The summed E-state index contributed by atoms with van der Waals surface area (Å²) in [5.41, 5.74) is 0.513. The Labute approximate surface area is 120 Å². The van der Waals surface area contributed by atoms with Crippen LogP contribution in [0.2, 0.25) is 0 Å². The first kappa shape index (κ1) is 17.9. The summed E-state index contributed by atoms with van der Waals surface area (Å²) in [6, 6.07) is 0. The maximum absolute atomic E-state index is 11.9. The second-order valence-corrected chi connectivity index (χ2v) is 4.05. The molecule has 0 N–H and O–H groups in total. The van der Waals surface area contributed by atoms with Gasteiger partial charge >= 0.3 is 11.9 Å². The van der Waals surface area contributed by atoms with Gasteiger partial charge in [-0.1, -0.05) is 31.9 Å².